The summed E-state index contributed by atoms with van der Waals surface area (Å²) in [6.07, 6.45) is 7.84. The Labute approximate surface area is 141 Å². The van der Waals surface area contributed by atoms with Crippen molar-refractivity contribution < 1.29 is 0 Å². The molecule has 1 nitrogen and oxygen atoms in total. The molecule has 2 unspecified atom stereocenters. The summed E-state index contributed by atoms with van der Waals surface area (Å²) in [4.78, 5) is 2.36. The predicted molar refractivity (Wildman–Crippen MR) is 97.8 cm³/mol. The maximum Gasteiger partial charge on any atom is 0.0591 e. The number of nitrogens with zero attached hydrogens (tertiary/aromatic N) is 1. The highest BCUT2D eigenvalue weighted by Gasteiger charge is 2.44. The second-order valence-electron chi connectivity index (χ2n) is 7.28. The highest BCUT2D eigenvalue weighted by molar-refractivity contribution is 7.17. The molecule has 1 saturated carbocycles. The summed E-state index contributed by atoms with van der Waals surface area (Å²) in [5.41, 5.74) is 3.30. The number of allylic oxidation sites excluding steroid dienone is 1. The van der Waals surface area contributed by atoms with Gasteiger partial charge >= 0.3 is 0 Å². The molecule has 1 aromatic heterocycles. The fourth-order valence-corrected chi connectivity index (χ4v) is 5.75. The Morgan fingerprint density at radius 2 is 2.23 bits per heavy atom. The number of rotatable bonds is 3. The Morgan fingerprint density at radius 1 is 1.36 bits per heavy atom. The lowest BCUT2D eigenvalue weighted by molar-refractivity contribution is 0.255. The summed E-state index contributed by atoms with van der Waals surface area (Å²) in [7, 11) is 4.40. The number of hydrogen-bond acceptors (Lipinski definition) is 2. The van der Waals surface area contributed by atoms with Crippen molar-refractivity contribution in [2.75, 3.05) is 20.6 Å². The van der Waals surface area contributed by atoms with Gasteiger partial charge in [-0.1, -0.05) is 23.7 Å². The highest BCUT2D eigenvalue weighted by atomic mass is 35.5. The SMILES string of the molecule is CN(C)CC12CCC(CC=C1c1ccc3scc(Cl)c3c1)C2. The van der Waals surface area contributed by atoms with Crippen LogP contribution in [0.25, 0.3) is 15.7 Å². The van der Waals surface area contributed by atoms with Crippen LogP contribution in [-0.4, -0.2) is 25.5 Å². The lowest BCUT2D eigenvalue weighted by atomic mass is 9.71. The minimum absolute atomic E-state index is 0.350. The molecule has 2 aliphatic carbocycles. The van der Waals surface area contributed by atoms with E-state index in [2.05, 4.69) is 43.3 Å². The zero-order chi connectivity index (χ0) is 15.3. The van der Waals surface area contributed by atoms with Gasteiger partial charge in [0.15, 0.2) is 0 Å². The first-order valence-corrected chi connectivity index (χ1v) is 9.36. The van der Waals surface area contributed by atoms with E-state index in [0.717, 1.165) is 17.5 Å². The van der Waals surface area contributed by atoms with Crippen molar-refractivity contribution in [2.45, 2.75) is 25.7 Å². The maximum absolute atomic E-state index is 6.36. The van der Waals surface area contributed by atoms with Crippen molar-refractivity contribution in [1.82, 2.24) is 4.90 Å². The van der Waals surface area contributed by atoms with Gasteiger partial charge in [0.2, 0.25) is 0 Å². The molecule has 116 valence electrons. The van der Waals surface area contributed by atoms with Crippen molar-refractivity contribution in [3.63, 3.8) is 0 Å². The van der Waals surface area contributed by atoms with Crippen LogP contribution >= 0.6 is 22.9 Å². The molecule has 0 spiro atoms. The number of benzene rings is 1. The summed E-state index contributed by atoms with van der Waals surface area (Å²) in [6.45, 7) is 1.16. The fraction of sp³-hybridized carbons (Fsp3) is 0.474. The minimum Gasteiger partial charge on any atom is -0.309 e. The Hall–Kier alpha value is -0.830. The molecule has 0 amide bonds. The molecule has 1 aromatic carbocycles. The number of fused-ring (bicyclic) bond motifs is 3. The van der Waals surface area contributed by atoms with Gasteiger partial charge in [-0.3, -0.25) is 0 Å². The number of halogens is 1. The normalized spacial score (nSPS) is 27.6. The van der Waals surface area contributed by atoms with Gasteiger partial charge in [0.05, 0.1) is 5.02 Å². The molecule has 0 radical (unpaired) electrons. The van der Waals surface area contributed by atoms with E-state index in [1.54, 1.807) is 16.9 Å². The molecule has 2 atom stereocenters. The van der Waals surface area contributed by atoms with E-state index in [1.807, 2.05) is 5.38 Å². The number of hydrogen-bond donors (Lipinski definition) is 0. The lowest BCUT2D eigenvalue weighted by Crippen LogP contribution is -2.34. The van der Waals surface area contributed by atoms with E-state index in [9.17, 15) is 0 Å². The van der Waals surface area contributed by atoms with Gasteiger partial charge < -0.3 is 4.90 Å². The Balaban J connectivity index is 1.81. The molecule has 2 aliphatic rings. The first kappa shape index (κ1) is 14.7. The molecule has 0 saturated heterocycles. The largest absolute Gasteiger partial charge is 0.309 e. The van der Waals surface area contributed by atoms with Gasteiger partial charge in [0.25, 0.3) is 0 Å². The molecule has 1 fully saturated rings. The first-order chi connectivity index (χ1) is 10.6. The molecular weight excluding hydrogens is 310 g/mol. The van der Waals surface area contributed by atoms with Gasteiger partial charge in [-0.2, -0.15) is 0 Å². The molecular formula is C19H22ClNS. The van der Waals surface area contributed by atoms with Crippen LogP contribution in [0.3, 0.4) is 0 Å². The second-order valence-corrected chi connectivity index (χ2v) is 8.59. The minimum atomic E-state index is 0.350. The van der Waals surface area contributed by atoms with E-state index >= 15 is 0 Å². The molecule has 2 bridgehead atoms. The smallest absolute Gasteiger partial charge is 0.0591 e. The average molecular weight is 332 g/mol. The molecule has 0 N–H and O–H groups in total. The van der Waals surface area contributed by atoms with Crippen molar-refractivity contribution >= 4 is 38.6 Å². The average Bonchev–Trinajstić information content (AvgIpc) is 3.00. The predicted octanol–water partition coefficient (Wildman–Crippen LogP) is 5.69. The summed E-state index contributed by atoms with van der Waals surface area (Å²) in [6, 6.07) is 6.86. The van der Waals surface area contributed by atoms with Gasteiger partial charge in [-0.05, 0) is 69.0 Å². The van der Waals surface area contributed by atoms with Crippen molar-refractivity contribution in [3.8, 4) is 0 Å². The zero-order valence-corrected chi connectivity index (χ0v) is 14.8. The van der Waals surface area contributed by atoms with Crippen LogP contribution in [0.2, 0.25) is 5.02 Å². The summed E-state index contributed by atoms with van der Waals surface area (Å²) in [5.74, 6) is 0.900. The monoisotopic (exact) mass is 331 g/mol. The molecule has 2 aromatic rings. The van der Waals surface area contributed by atoms with Crippen LogP contribution in [0.4, 0.5) is 0 Å². The highest BCUT2D eigenvalue weighted by Crippen LogP contribution is 2.55. The van der Waals surface area contributed by atoms with Crippen LogP contribution in [-0.2, 0) is 0 Å². The van der Waals surface area contributed by atoms with Gasteiger partial charge in [0, 0.05) is 27.4 Å². The third kappa shape index (κ3) is 2.33. The Bertz CT molecular complexity index is 745. The van der Waals surface area contributed by atoms with E-state index in [-0.39, 0.29) is 0 Å². The molecule has 3 heteroatoms. The third-order valence-corrected chi connectivity index (χ3v) is 6.80. The van der Waals surface area contributed by atoms with Crippen LogP contribution in [0, 0.1) is 11.3 Å². The van der Waals surface area contributed by atoms with Gasteiger partial charge in [-0.15, -0.1) is 11.3 Å². The van der Waals surface area contributed by atoms with Crippen molar-refractivity contribution in [2.24, 2.45) is 11.3 Å². The van der Waals surface area contributed by atoms with Gasteiger partial charge in [-0.25, -0.2) is 0 Å². The quantitative estimate of drug-likeness (QED) is 0.698. The van der Waals surface area contributed by atoms with Crippen molar-refractivity contribution in [1.29, 1.82) is 0 Å². The Kier molecular flexibility index (Phi) is 3.60. The zero-order valence-electron chi connectivity index (χ0n) is 13.2. The fourth-order valence-electron chi connectivity index (χ4n) is 4.61. The van der Waals surface area contributed by atoms with Crippen LogP contribution in [0.15, 0.2) is 29.7 Å². The number of thiophene rings is 1. The van der Waals surface area contributed by atoms with E-state index in [0.29, 0.717) is 5.41 Å². The third-order valence-electron chi connectivity index (χ3n) is 5.39. The van der Waals surface area contributed by atoms with E-state index in [4.69, 9.17) is 11.6 Å². The molecule has 1 heterocycles. The van der Waals surface area contributed by atoms with Crippen LogP contribution < -0.4 is 0 Å². The standard InChI is InChI=1S/C19H22ClNS/c1-21(2)12-19-8-7-13(10-19)3-5-16(19)14-4-6-18-15(9-14)17(20)11-22-18/h4-6,9,11,13H,3,7-8,10,12H2,1-2H3. The van der Waals surface area contributed by atoms with Crippen molar-refractivity contribution in [3.05, 3.63) is 40.2 Å². The molecule has 0 aliphatic heterocycles. The summed E-state index contributed by atoms with van der Waals surface area (Å²) in [5, 5.41) is 4.15. The molecule has 4 rings (SSSR count). The maximum atomic E-state index is 6.36. The van der Waals surface area contributed by atoms with Crippen LogP contribution in [0.1, 0.15) is 31.2 Å². The molecule has 22 heavy (non-hydrogen) atoms. The Morgan fingerprint density at radius 3 is 3.05 bits per heavy atom. The van der Waals surface area contributed by atoms with E-state index < -0.39 is 0 Å². The summed E-state index contributed by atoms with van der Waals surface area (Å²) >= 11 is 8.10. The lowest BCUT2D eigenvalue weighted by Gasteiger charge is -2.38. The van der Waals surface area contributed by atoms with Gasteiger partial charge in [0.1, 0.15) is 0 Å². The summed E-state index contributed by atoms with van der Waals surface area (Å²) < 4.78 is 1.29. The van der Waals surface area contributed by atoms with Crippen LogP contribution in [0.5, 0.6) is 0 Å². The second kappa shape index (κ2) is 5.36. The topological polar surface area (TPSA) is 3.24 Å². The van der Waals surface area contributed by atoms with E-state index in [1.165, 1.54) is 41.3 Å². The first-order valence-electron chi connectivity index (χ1n) is 8.10.